The van der Waals surface area contributed by atoms with Gasteiger partial charge in [0.1, 0.15) is 0 Å². The molecule has 0 radical (unpaired) electrons. The molecule has 2 atom stereocenters. The monoisotopic (exact) mass is 331 g/mol. The lowest BCUT2D eigenvalue weighted by Gasteiger charge is -2.31. The van der Waals surface area contributed by atoms with Gasteiger partial charge in [-0.15, -0.1) is 0 Å². The number of hydrogen-bond donors (Lipinski definition) is 2. The molecule has 0 bridgehead atoms. The molecule has 2 N–H and O–H groups in total. The quantitative estimate of drug-likeness (QED) is 0.884. The van der Waals surface area contributed by atoms with Crippen molar-refractivity contribution in [3.05, 3.63) is 29.8 Å². The number of nitrogens with zero attached hydrogens (tertiary/aromatic N) is 2. The molecule has 1 aromatic rings. The molecule has 5 nitrogen and oxygen atoms in total. The molecule has 24 heavy (non-hydrogen) atoms. The SMILES string of the molecule is CN(C)C1CCC(NC(=O)c2ccc(N3CCC(O)CC3)cc2)C1. The third-order valence-electron chi connectivity index (χ3n) is 5.43. The Bertz CT molecular complexity index is 550. The van der Waals surface area contributed by atoms with Crippen LogP contribution in [0.2, 0.25) is 0 Å². The molecule has 3 rings (SSSR count). The Morgan fingerprint density at radius 3 is 2.38 bits per heavy atom. The normalized spacial score (nSPS) is 25.2. The van der Waals surface area contributed by atoms with Crippen LogP contribution in [-0.4, -0.2) is 61.3 Å². The summed E-state index contributed by atoms with van der Waals surface area (Å²) >= 11 is 0. The molecule has 1 aromatic carbocycles. The highest BCUT2D eigenvalue weighted by Crippen LogP contribution is 2.24. The second-order valence-electron chi connectivity index (χ2n) is 7.37. The minimum atomic E-state index is -0.163. The Hall–Kier alpha value is -1.59. The van der Waals surface area contributed by atoms with Crippen molar-refractivity contribution < 1.29 is 9.90 Å². The van der Waals surface area contributed by atoms with Gasteiger partial charge >= 0.3 is 0 Å². The van der Waals surface area contributed by atoms with E-state index < -0.39 is 0 Å². The fourth-order valence-corrected chi connectivity index (χ4v) is 3.77. The third kappa shape index (κ3) is 4.08. The van der Waals surface area contributed by atoms with Crippen molar-refractivity contribution in [2.45, 2.75) is 50.3 Å². The molecule has 2 fully saturated rings. The highest BCUT2D eigenvalue weighted by molar-refractivity contribution is 5.94. The van der Waals surface area contributed by atoms with Gasteiger partial charge in [-0.2, -0.15) is 0 Å². The van der Waals surface area contributed by atoms with Crippen LogP contribution in [0.3, 0.4) is 0 Å². The number of anilines is 1. The lowest BCUT2D eigenvalue weighted by Crippen LogP contribution is -2.36. The second-order valence-corrected chi connectivity index (χ2v) is 7.37. The first-order valence-electron chi connectivity index (χ1n) is 9.03. The molecule has 1 saturated heterocycles. The first-order valence-corrected chi connectivity index (χ1v) is 9.03. The standard InChI is InChI=1S/C19H29N3O2/c1-21(2)17-8-5-15(13-17)20-19(24)14-3-6-16(7-4-14)22-11-9-18(23)10-12-22/h3-4,6-7,15,17-18,23H,5,8-13H2,1-2H3,(H,20,24). The van der Waals surface area contributed by atoms with E-state index in [-0.39, 0.29) is 18.1 Å². The maximum Gasteiger partial charge on any atom is 0.251 e. The minimum absolute atomic E-state index is 0.0278. The number of carbonyl (C=O) groups is 1. The van der Waals surface area contributed by atoms with Crippen molar-refractivity contribution in [3.63, 3.8) is 0 Å². The predicted molar refractivity (Wildman–Crippen MR) is 96.5 cm³/mol. The smallest absolute Gasteiger partial charge is 0.251 e. The fourth-order valence-electron chi connectivity index (χ4n) is 3.77. The van der Waals surface area contributed by atoms with Crippen LogP contribution in [-0.2, 0) is 0 Å². The van der Waals surface area contributed by atoms with Gasteiger partial charge in [0, 0.05) is 36.4 Å². The zero-order chi connectivity index (χ0) is 17.1. The minimum Gasteiger partial charge on any atom is -0.393 e. The van der Waals surface area contributed by atoms with Gasteiger partial charge in [0.15, 0.2) is 0 Å². The second kappa shape index (κ2) is 7.53. The molecule has 0 aromatic heterocycles. The van der Waals surface area contributed by atoms with E-state index >= 15 is 0 Å². The number of aliphatic hydroxyl groups is 1. The van der Waals surface area contributed by atoms with Crippen molar-refractivity contribution in [2.24, 2.45) is 0 Å². The van der Waals surface area contributed by atoms with Crippen molar-refractivity contribution in [3.8, 4) is 0 Å². The number of carbonyl (C=O) groups excluding carboxylic acids is 1. The van der Waals surface area contributed by atoms with E-state index in [0.717, 1.165) is 56.4 Å². The molecule has 0 spiro atoms. The van der Waals surface area contributed by atoms with Gasteiger partial charge in [0.2, 0.25) is 0 Å². The Morgan fingerprint density at radius 2 is 1.79 bits per heavy atom. The van der Waals surface area contributed by atoms with E-state index in [1.165, 1.54) is 0 Å². The van der Waals surface area contributed by atoms with Crippen LogP contribution in [0.15, 0.2) is 24.3 Å². The molecule has 2 aliphatic rings. The first-order chi connectivity index (χ1) is 11.5. The zero-order valence-corrected chi connectivity index (χ0v) is 14.7. The van der Waals surface area contributed by atoms with Gasteiger partial charge in [-0.3, -0.25) is 4.79 Å². The van der Waals surface area contributed by atoms with E-state index in [4.69, 9.17) is 0 Å². The van der Waals surface area contributed by atoms with E-state index in [1.807, 2.05) is 24.3 Å². The number of aliphatic hydroxyl groups excluding tert-OH is 1. The molecule has 1 heterocycles. The van der Waals surface area contributed by atoms with Crippen molar-refractivity contribution >= 4 is 11.6 Å². The topological polar surface area (TPSA) is 55.8 Å². The highest BCUT2D eigenvalue weighted by atomic mass is 16.3. The molecule has 1 amide bonds. The predicted octanol–water partition coefficient (Wildman–Crippen LogP) is 1.86. The van der Waals surface area contributed by atoms with Gasteiger partial charge in [0.05, 0.1) is 6.10 Å². The number of piperidine rings is 1. The largest absolute Gasteiger partial charge is 0.393 e. The van der Waals surface area contributed by atoms with E-state index in [2.05, 4.69) is 29.2 Å². The average Bonchev–Trinajstić information content (AvgIpc) is 3.04. The summed E-state index contributed by atoms with van der Waals surface area (Å²) in [5.41, 5.74) is 1.86. The van der Waals surface area contributed by atoms with Crippen LogP contribution in [0.1, 0.15) is 42.5 Å². The lowest BCUT2D eigenvalue weighted by atomic mass is 10.1. The molecule has 1 saturated carbocycles. The summed E-state index contributed by atoms with van der Waals surface area (Å²) in [5, 5.41) is 12.8. The maximum atomic E-state index is 12.4. The first kappa shape index (κ1) is 17.2. The van der Waals surface area contributed by atoms with E-state index in [9.17, 15) is 9.90 Å². The van der Waals surface area contributed by atoms with E-state index in [0.29, 0.717) is 6.04 Å². The van der Waals surface area contributed by atoms with Crippen molar-refractivity contribution in [1.82, 2.24) is 10.2 Å². The van der Waals surface area contributed by atoms with Crippen LogP contribution < -0.4 is 10.2 Å². The molecule has 132 valence electrons. The van der Waals surface area contributed by atoms with Gasteiger partial charge < -0.3 is 20.2 Å². The number of hydrogen-bond acceptors (Lipinski definition) is 4. The number of nitrogens with one attached hydrogen (secondary N) is 1. The van der Waals surface area contributed by atoms with Gasteiger partial charge in [-0.1, -0.05) is 0 Å². The Labute approximate surface area is 144 Å². The van der Waals surface area contributed by atoms with Crippen LogP contribution in [0.25, 0.3) is 0 Å². The average molecular weight is 331 g/mol. The Kier molecular flexibility index (Phi) is 5.41. The summed E-state index contributed by atoms with van der Waals surface area (Å²) in [6.07, 6.45) is 4.71. The third-order valence-corrected chi connectivity index (χ3v) is 5.43. The molecule has 5 heteroatoms. The molecule has 2 unspecified atom stereocenters. The molecular weight excluding hydrogens is 302 g/mol. The Balaban J connectivity index is 1.54. The maximum absolute atomic E-state index is 12.4. The van der Waals surface area contributed by atoms with Crippen LogP contribution in [0, 0.1) is 0 Å². The van der Waals surface area contributed by atoms with Crippen LogP contribution in [0.5, 0.6) is 0 Å². The Morgan fingerprint density at radius 1 is 1.12 bits per heavy atom. The number of benzene rings is 1. The lowest BCUT2D eigenvalue weighted by molar-refractivity contribution is 0.0936. The van der Waals surface area contributed by atoms with Crippen molar-refractivity contribution in [2.75, 3.05) is 32.1 Å². The summed E-state index contributed by atoms with van der Waals surface area (Å²) < 4.78 is 0. The highest BCUT2D eigenvalue weighted by Gasteiger charge is 2.27. The number of amides is 1. The summed E-state index contributed by atoms with van der Waals surface area (Å²) in [5.74, 6) is 0.0278. The summed E-state index contributed by atoms with van der Waals surface area (Å²) in [6, 6.07) is 8.72. The van der Waals surface area contributed by atoms with Gasteiger partial charge in [-0.05, 0) is 70.5 Å². The fraction of sp³-hybridized carbons (Fsp3) is 0.632. The molecule has 1 aliphatic carbocycles. The van der Waals surface area contributed by atoms with Crippen LogP contribution in [0.4, 0.5) is 5.69 Å². The summed E-state index contributed by atoms with van der Waals surface area (Å²) in [7, 11) is 4.21. The van der Waals surface area contributed by atoms with E-state index in [1.54, 1.807) is 0 Å². The van der Waals surface area contributed by atoms with Crippen molar-refractivity contribution in [1.29, 1.82) is 0 Å². The van der Waals surface area contributed by atoms with Crippen LogP contribution >= 0.6 is 0 Å². The van der Waals surface area contributed by atoms with Gasteiger partial charge in [0.25, 0.3) is 5.91 Å². The number of rotatable bonds is 4. The van der Waals surface area contributed by atoms with Gasteiger partial charge in [-0.25, -0.2) is 0 Å². The molecule has 1 aliphatic heterocycles. The zero-order valence-electron chi connectivity index (χ0n) is 14.7. The molecular formula is C19H29N3O2. The summed E-state index contributed by atoms with van der Waals surface area (Å²) in [4.78, 5) is 17.0. The summed E-state index contributed by atoms with van der Waals surface area (Å²) in [6.45, 7) is 1.75.